The first-order valence-electron chi connectivity index (χ1n) is 8.84. The first-order valence-corrected chi connectivity index (χ1v) is 8.84. The Morgan fingerprint density at radius 2 is 1.81 bits per heavy atom. The molecule has 0 unspecified atom stereocenters. The predicted octanol–water partition coefficient (Wildman–Crippen LogP) is 3.30. The van der Waals surface area contributed by atoms with Crippen molar-refractivity contribution in [2.75, 3.05) is 25.5 Å². The van der Waals surface area contributed by atoms with Crippen LogP contribution >= 0.6 is 0 Å². The second-order valence-electron chi connectivity index (χ2n) is 6.82. The summed E-state index contributed by atoms with van der Waals surface area (Å²) in [5.41, 5.74) is 0.389. The van der Waals surface area contributed by atoms with E-state index in [0.29, 0.717) is 43.7 Å². The van der Waals surface area contributed by atoms with Gasteiger partial charge in [0.25, 0.3) is 0 Å². The standard InChI is InChI=1S/C20H22F3N3O/c1-24-19(27)20(25-16-4-2-3-15(21)12-16)7-9-26(10-8-20)13-14-5-6-17(22)18(23)11-14/h2-6,11-12,25H,7-10,13H2,1H3,(H,24,27). The quantitative estimate of drug-likeness (QED) is 0.841. The van der Waals surface area contributed by atoms with Gasteiger partial charge in [0.15, 0.2) is 11.6 Å². The number of piperidine rings is 1. The Morgan fingerprint density at radius 3 is 2.44 bits per heavy atom. The van der Waals surface area contributed by atoms with Crippen LogP contribution in [0.5, 0.6) is 0 Å². The Morgan fingerprint density at radius 1 is 1.07 bits per heavy atom. The molecule has 1 amide bonds. The molecule has 2 N–H and O–H groups in total. The summed E-state index contributed by atoms with van der Waals surface area (Å²) >= 11 is 0. The lowest BCUT2D eigenvalue weighted by Gasteiger charge is -2.41. The van der Waals surface area contributed by atoms with Crippen molar-refractivity contribution in [3.63, 3.8) is 0 Å². The molecule has 0 saturated carbocycles. The van der Waals surface area contributed by atoms with Gasteiger partial charge in [-0.15, -0.1) is 0 Å². The molecule has 2 aromatic carbocycles. The van der Waals surface area contributed by atoms with Gasteiger partial charge in [-0.2, -0.15) is 0 Å². The van der Waals surface area contributed by atoms with Gasteiger partial charge in [-0.05, 0) is 48.7 Å². The summed E-state index contributed by atoms with van der Waals surface area (Å²) in [4.78, 5) is 14.6. The van der Waals surface area contributed by atoms with E-state index in [9.17, 15) is 18.0 Å². The minimum absolute atomic E-state index is 0.153. The largest absolute Gasteiger partial charge is 0.371 e. The van der Waals surface area contributed by atoms with E-state index >= 15 is 0 Å². The molecule has 1 fully saturated rings. The Kier molecular flexibility index (Phi) is 5.70. The number of hydrogen-bond donors (Lipinski definition) is 2. The van der Waals surface area contributed by atoms with E-state index in [2.05, 4.69) is 15.5 Å². The summed E-state index contributed by atoms with van der Waals surface area (Å²) in [6, 6.07) is 9.90. The van der Waals surface area contributed by atoms with Crippen molar-refractivity contribution >= 4 is 11.6 Å². The summed E-state index contributed by atoms with van der Waals surface area (Å²) in [5.74, 6) is -2.26. The van der Waals surface area contributed by atoms with Crippen LogP contribution in [0, 0.1) is 17.5 Å². The van der Waals surface area contributed by atoms with Crippen LogP contribution in [0.25, 0.3) is 0 Å². The van der Waals surface area contributed by atoms with Crippen LogP contribution in [-0.2, 0) is 11.3 Å². The van der Waals surface area contributed by atoms with Crippen LogP contribution in [0.2, 0.25) is 0 Å². The monoisotopic (exact) mass is 377 g/mol. The molecular weight excluding hydrogens is 355 g/mol. The van der Waals surface area contributed by atoms with E-state index in [1.165, 1.54) is 18.2 Å². The number of carbonyl (C=O) groups excluding carboxylic acids is 1. The first kappa shape index (κ1) is 19.2. The van der Waals surface area contributed by atoms with Crippen molar-refractivity contribution in [3.8, 4) is 0 Å². The van der Waals surface area contributed by atoms with Gasteiger partial charge in [0.1, 0.15) is 11.4 Å². The van der Waals surface area contributed by atoms with Gasteiger partial charge in [0.2, 0.25) is 5.91 Å². The van der Waals surface area contributed by atoms with Gasteiger partial charge in [-0.1, -0.05) is 12.1 Å². The van der Waals surface area contributed by atoms with Crippen LogP contribution in [-0.4, -0.2) is 36.5 Å². The zero-order valence-electron chi connectivity index (χ0n) is 15.1. The summed E-state index contributed by atoms with van der Waals surface area (Å²) < 4.78 is 40.0. The third kappa shape index (κ3) is 4.42. The topological polar surface area (TPSA) is 44.4 Å². The van der Waals surface area contributed by atoms with Crippen molar-refractivity contribution in [1.82, 2.24) is 10.2 Å². The smallest absolute Gasteiger partial charge is 0.245 e. The van der Waals surface area contributed by atoms with Gasteiger partial charge in [-0.25, -0.2) is 13.2 Å². The normalized spacial score (nSPS) is 16.7. The molecular formula is C20H22F3N3O. The van der Waals surface area contributed by atoms with E-state index in [-0.39, 0.29) is 11.7 Å². The van der Waals surface area contributed by atoms with Gasteiger partial charge < -0.3 is 10.6 Å². The van der Waals surface area contributed by atoms with Crippen molar-refractivity contribution < 1.29 is 18.0 Å². The molecule has 0 radical (unpaired) electrons. The van der Waals surface area contributed by atoms with Gasteiger partial charge in [-0.3, -0.25) is 9.69 Å². The molecule has 2 aromatic rings. The highest BCUT2D eigenvalue weighted by Gasteiger charge is 2.40. The molecule has 0 aromatic heterocycles. The number of nitrogens with one attached hydrogen (secondary N) is 2. The Labute approximate surface area is 156 Å². The molecule has 1 aliphatic heterocycles. The van der Waals surface area contributed by atoms with Crippen LogP contribution < -0.4 is 10.6 Å². The number of likely N-dealkylation sites (tertiary alicyclic amines) is 1. The lowest BCUT2D eigenvalue weighted by Crippen LogP contribution is -2.57. The first-order chi connectivity index (χ1) is 12.9. The Bertz CT molecular complexity index is 820. The van der Waals surface area contributed by atoms with E-state index in [1.54, 1.807) is 25.2 Å². The minimum Gasteiger partial charge on any atom is -0.371 e. The lowest BCUT2D eigenvalue weighted by molar-refractivity contribution is -0.126. The molecule has 7 heteroatoms. The number of carbonyl (C=O) groups is 1. The van der Waals surface area contributed by atoms with Crippen LogP contribution in [0.1, 0.15) is 18.4 Å². The molecule has 0 bridgehead atoms. The van der Waals surface area contributed by atoms with Crippen LogP contribution in [0.15, 0.2) is 42.5 Å². The van der Waals surface area contributed by atoms with Crippen molar-refractivity contribution in [2.45, 2.75) is 24.9 Å². The summed E-state index contributed by atoms with van der Waals surface area (Å²) in [6.45, 7) is 1.66. The molecule has 3 rings (SSSR count). The van der Waals surface area contributed by atoms with E-state index < -0.39 is 17.2 Å². The number of nitrogens with zero attached hydrogens (tertiary/aromatic N) is 1. The van der Waals surface area contributed by atoms with Crippen LogP contribution in [0.4, 0.5) is 18.9 Å². The molecule has 0 aliphatic carbocycles. The minimum atomic E-state index is -0.865. The molecule has 1 aliphatic rings. The SMILES string of the molecule is CNC(=O)C1(Nc2cccc(F)c2)CCN(Cc2ccc(F)c(F)c2)CC1. The van der Waals surface area contributed by atoms with Gasteiger partial charge in [0, 0.05) is 32.4 Å². The number of amides is 1. The number of halogens is 3. The maximum Gasteiger partial charge on any atom is 0.245 e. The fourth-order valence-corrected chi connectivity index (χ4v) is 3.48. The second-order valence-corrected chi connectivity index (χ2v) is 6.82. The number of rotatable bonds is 5. The molecule has 27 heavy (non-hydrogen) atoms. The highest BCUT2D eigenvalue weighted by Crippen LogP contribution is 2.29. The number of benzene rings is 2. The predicted molar refractivity (Wildman–Crippen MR) is 97.7 cm³/mol. The molecule has 0 spiro atoms. The summed E-state index contributed by atoms with van der Waals surface area (Å²) in [5, 5.41) is 5.88. The zero-order chi connectivity index (χ0) is 19.4. The van der Waals surface area contributed by atoms with Gasteiger partial charge in [0.05, 0.1) is 0 Å². The van der Waals surface area contributed by atoms with Crippen molar-refractivity contribution in [3.05, 3.63) is 65.5 Å². The number of hydrogen-bond acceptors (Lipinski definition) is 3. The summed E-state index contributed by atoms with van der Waals surface area (Å²) in [6.07, 6.45) is 1.01. The molecule has 4 nitrogen and oxygen atoms in total. The van der Waals surface area contributed by atoms with E-state index in [4.69, 9.17) is 0 Å². The third-order valence-electron chi connectivity index (χ3n) is 4.97. The highest BCUT2D eigenvalue weighted by atomic mass is 19.2. The molecule has 0 atom stereocenters. The van der Waals surface area contributed by atoms with Crippen molar-refractivity contribution in [2.24, 2.45) is 0 Å². The third-order valence-corrected chi connectivity index (χ3v) is 4.97. The Hall–Kier alpha value is -2.54. The zero-order valence-corrected chi connectivity index (χ0v) is 15.1. The number of likely N-dealkylation sites (N-methyl/N-ethyl adjacent to an activating group) is 1. The summed E-state index contributed by atoms with van der Waals surface area (Å²) in [7, 11) is 1.57. The average molecular weight is 377 g/mol. The van der Waals surface area contributed by atoms with E-state index in [1.807, 2.05) is 0 Å². The Balaban J connectivity index is 1.70. The van der Waals surface area contributed by atoms with E-state index in [0.717, 1.165) is 6.07 Å². The number of anilines is 1. The fourth-order valence-electron chi connectivity index (χ4n) is 3.48. The van der Waals surface area contributed by atoms with Gasteiger partial charge >= 0.3 is 0 Å². The maximum absolute atomic E-state index is 13.5. The molecule has 1 heterocycles. The van der Waals surface area contributed by atoms with Crippen LogP contribution in [0.3, 0.4) is 0 Å². The molecule has 144 valence electrons. The second kappa shape index (κ2) is 8.00. The average Bonchev–Trinajstić information content (AvgIpc) is 2.66. The van der Waals surface area contributed by atoms with Crippen molar-refractivity contribution in [1.29, 1.82) is 0 Å². The lowest BCUT2D eigenvalue weighted by atomic mass is 9.85. The molecule has 1 saturated heterocycles. The fraction of sp³-hybridized carbons (Fsp3) is 0.350. The highest BCUT2D eigenvalue weighted by molar-refractivity contribution is 5.89. The maximum atomic E-state index is 13.5.